The molecule has 1 atom stereocenters. The Labute approximate surface area is 99.7 Å². The quantitative estimate of drug-likeness (QED) is 0.883. The van der Waals surface area contributed by atoms with Gasteiger partial charge in [-0.3, -0.25) is 0 Å². The molecule has 0 aliphatic carbocycles. The van der Waals surface area contributed by atoms with Gasteiger partial charge in [0.1, 0.15) is 23.4 Å². The molecule has 0 saturated carbocycles. The first-order valence-electron chi connectivity index (χ1n) is 5.64. The van der Waals surface area contributed by atoms with Crippen LogP contribution in [0.15, 0.2) is 34.7 Å². The minimum atomic E-state index is -0.911. The molecule has 0 amide bonds. The van der Waals surface area contributed by atoms with Gasteiger partial charge in [0.15, 0.2) is 0 Å². The first kappa shape index (κ1) is 11.9. The number of rotatable bonds is 3. The lowest BCUT2D eigenvalue weighted by atomic mass is 10.0. The summed E-state index contributed by atoms with van der Waals surface area (Å²) in [5.41, 5.74) is 1.38. The van der Waals surface area contributed by atoms with Gasteiger partial charge in [-0.25, -0.2) is 4.39 Å². The lowest BCUT2D eigenvalue weighted by Gasteiger charge is -2.11. The number of furan rings is 1. The Kier molecular flexibility index (Phi) is 3.29. The number of aryl methyl sites for hydroxylation is 2. The van der Waals surface area contributed by atoms with Crippen LogP contribution < -0.4 is 0 Å². The van der Waals surface area contributed by atoms with E-state index in [2.05, 4.69) is 0 Å². The minimum Gasteiger partial charge on any atom is -0.463 e. The van der Waals surface area contributed by atoms with Crippen LogP contribution >= 0.6 is 0 Å². The first-order chi connectivity index (χ1) is 8.11. The van der Waals surface area contributed by atoms with E-state index in [0.29, 0.717) is 11.3 Å². The van der Waals surface area contributed by atoms with Gasteiger partial charge in [-0.2, -0.15) is 0 Å². The maximum atomic E-state index is 13.2. The van der Waals surface area contributed by atoms with E-state index in [1.807, 2.05) is 19.9 Å². The highest BCUT2D eigenvalue weighted by molar-refractivity contribution is 5.32. The van der Waals surface area contributed by atoms with Crippen molar-refractivity contribution in [3.8, 4) is 0 Å². The lowest BCUT2D eigenvalue weighted by molar-refractivity contribution is 0.186. The Morgan fingerprint density at radius 2 is 2.06 bits per heavy atom. The third-order valence-electron chi connectivity index (χ3n) is 2.84. The van der Waals surface area contributed by atoms with Crippen LogP contribution in [0.1, 0.15) is 35.7 Å². The molecule has 1 unspecified atom stereocenters. The van der Waals surface area contributed by atoms with E-state index in [1.54, 1.807) is 12.1 Å². The average Bonchev–Trinajstić information content (AvgIpc) is 2.80. The summed E-state index contributed by atoms with van der Waals surface area (Å²) in [6, 6.07) is 7.93. The maximum absolute atomic E-state index is 13.2. The van der Waals surface area contributed by atoms with Crippen LogP contribution in [0.5, 0.6) is 0 Å². The van der Waals surface area contributed by atoms with E-state index in [0.717, 1.165) is 17.7 Å². The van der Waals surface area contributed by atoms with Gasteiger partial charge in [0.05, 0.1) is 0 Å². The van der Waals surface area contributed by atoms with Crippen molar-refractivity contribution in [1.29, 1.82) is 0 Å². The molecule has 2 nitrogen and oxygen atoms in total. The Balaban J connectivity index is 2.35. The van der Waals surface area contributed by atoms with Crippen LogP contribution in [-0.2, 0) is 6.42 Å². The van der Waals surface area contributed by atoms with Crippen LogP contribution in [0.4, 0.5) is 4.39 Å². The SMILES string of the molecule is CCc1ccc(C(O)c2cc(F)ccc2C)o1. The van der Waals surface area contributed by atoms with Gasteiger partial charge in [0, 0.05) is 6.42 Å². The predicted octanol–water partition coefficient (Wildman–Crippen LogP) is 3.37. The van der Waals surface area contributed by atoms with Gasteiger partial charge in [-0.05, 0) is 42.3 Å². The fourth-order valence-electron chi connectivity index (χ4n) is 1.79. The van der Waals surface area contributed by atoms with Crippen molar-refractivity contribution in [2.75, 3.05) is 0 Å². The van der Waals surface area contributed by atoms with Gasteiger partial charge < -0.3 is 9.52 Å². The van der Waals surface area contributed by atoms with Crippen LogP contribution in [0.25, 0.3) is 0 Å². The molecule has 3 heteroatoms. The summed E-state index contributed by atoms with van der Waals surface area (Å²) < 4.78 is 18.6. The zero-order chi connectivity index (χ0) is 12.4. The Bertz CT molecular complexity index is 517. The fourth-order valence-corrected chi connectivity index (χ4v) is 1.79. The number of hydrogen-bond donors (Lipinski definition) is 1. The molecule has 1 N–H and O–H groups in total. The number of aliphatic hydroxyl groups excluding tert-OH is 1. The highest BCUT2D eigenvalue weighted by atomic mass is 19.1. The van der Waals surface area contributed by atoms with Crippen LogP contribution in [0, 0.1) is 12.7 Å². The third kappa shape index (κ3) is 2.39. The molecule has 0 bridgehead atoms. The van der Waals surface area contributed by atoms with Gasteiger partial charge in [0.2, 0.25) is 0 Å². The zero-order valence-corrected chi connectivity index (χ0v) is 9.90. The summed E-state index contributed by atoms with van der Waals surface area (Å²) in [6.45, 7) is 3.81. The normalized spacial score (nSPS) is 12.7. The van der Waals surface area contributed by atoms with E-state index in [4.69, 9.17) is 4.42 Å². The highest BCUT2D eigenvalue weighted by Crippen LogP contribution is 2.27. The van der Waals surface area contributed by atoms with Crippen LogP contribution in [0.3, 0.4) is 0 Å². The second-order valence-corrected chi connectivity index (χ2v) is 4.06. The smallest absolute Gasteiger partial charge is 0.137 e. The number of hydrogen-bond acceptors (Lipinski definition) is 2. The molecule has 1 aromatic heterocycles. The predicted molar refractivity (Wildman–Crippen MR) is 63.3 cm³/mol. The number of halogens is 1. The van der Waals surface area contributed by atoms with Crippen molar-refractivity contribution >= 4 is 0 Å². The summed E-state index contributed by atoms with van der Waals surface area (Å²) in [6.07, 6.45) is -0.138. The number of aliphatic hydroxyl groups is 1. The van der Waals surface area contributed by atoms with Gasteiger partial charge in [0.25, 0.3) is 0 Å². The van der Waals surface area contributed by atoms with Crippen LogP contribution in [-0.4, -0.2) is 5.11 Å². The molecule has 0 aliphatic rings. The molecular weight excluding hydrogens is 219 g/mol. The third-order valence-corrected chi connectivity index (χ3v) is 2.84. The van der Waals surface area contributed by atoms with E-state index in [-0.39, 0.29) is 5.82 Å². The maximum Gasteiger partial charge on any atom is 0.137 e. The largest absolute Gasteiger partial charge is 0.463 e. The summed E-state index contributed by atoms with van der Waals surface area (Å²) in [7, 11) is 0. The van der Waals surface area contributed by atoms with Gasteiger partial charge in [-0.1, -0.05) is 13.0 Å². The molecule has 2 rings (SSSR count). The number of benzene rings is 1. The second kappa shape index (κ2) is 4.72. The van der Waals surface area contributed by atoms with E-state index in [9.17, 15) is 9.50 Å². The zero-order valence-electron chi connectivity index (χ0n) is 9.90. The van der Waals surface area contributed by atoms with Crippen molar-refractivity contribution in [3.63, 3.8) is 0 Å². The molecular formula is C14H15FO2. The molecule has 1 aromatic carbocycles. The summed E-state index contributed by atoms with van der Waals surface area (Å²) in [5, 5.41) is 10.1. The lowest BCUT2D eigenvalue weighted by Crippen LogP contribution is -2.01. The van der Waals surface area contributed by atoms with E-state index >= 15 is 0 Å². The van der Waals surface area contributed by atoms with Crippen LogP contribution in [0.2, 0.25) is 0 Å². The topological polar surface area (TPSA) is 33.4 Å². The monoisotopic (exact) mass is 234 g/mol. The highest BCUT2D eigenvalue weighted by Gasteiger charge is 2.17. The van der Waals surface area contributed by atoms with E-state index < -0.39 is 6.10 Å². The molecule has 0 fully saturated rings. The van der Waals surface area contributed by atoms with Crippen molar-refractivity contribution < 1.29 is 13.9 Å². The molecule has 90 valence electrons. The Morgan fingerprint density at radius 1 is 1.29 bits per heavy atom. The van der Waals surface area contributed by atoms with Gasteiger partial charge >= 0.3 is 0 Å². The van der Waals surface area contributed by atoms with E-state index in [1.165, 1.54) is 12.1 Å². The molecule has 2 aromatic rings. The average molecular weight is 234 g/mol. The fraction of sp³-hybridized carbons (Fsp3) is 0.286. The van der Waals surface area contributed by atoms with Gasteiger partial charge in [-0.15, -0.1) is 0 Å². The van der Waals surface area contributed by atoms with Crippen molar-refractivity contribution in [3.05, 3.63) is 58.8 Å². The minimum absolute atomic E-state index is 0.355. The molecule has 0 aliphatic heterocycles. The van der Waals surface area contributed by atoms with Crippen molar-refractivity contribution in [2.45, 2.75) is 26.4 Å². The summed E-state index contributed by atoms with van der Waals surface area (Å²) in [5.74, 6) is 0.913. The molecule has 0 saturated heterocycles. The molecule has 17 heavy (non-hydrogen) atoms. The Morgan fingerprint density at radius 3 is 2.71 bits per heavy atom. The first-order valence-corrected chi connectivity index (χ1v) is 5.64. The standard InChI is InChI=1S/C14H15FO2/c1-3-11-6-7-13(17-11)14(16)12-8-10(15)5-4-9(12)2/h4-8,14,16H,3H2,1-2H3. The second-order valence-electron chi connectivity index (χ2n) is 4.06. The van der Waals surface area contributed by atoms with Crippen molar-refractivity contribution in [1.82, 2.24) is 0 Å². The summed E-state index contributed by atoms with van der Waals surface area (Å²) in [4.78, 5) is 0. The van der Waals surface area contributed by atoms with Crippen molar-refractivity contribution in [2.24, 2.45) is 0 Å². The molecule has 0 radical (unpaired) electrons. The molecule has 1 heterocycles. The molecule has 0 spiro atoms. The summed E-state index contributed by atoms with van der Waals surface area (Å²) >= 11 is 0. The Hall–Kier alpha value is -1.61.